The number of hydrogen-bond acceptors (Lipinski definition) is 4. The standard InChI is InChI=1S/C23H30N2O4/c1-29-19(26)15-24-21(27)20-17-11-5-6-12-18(17)22(28)25(16-9-3-4-10-16)23(20)13-7-2-8-14-23/h5-6,11-12,16,20H,2-4,7-10,13-15H2,1H3,(H,24,27). The maximum Gasteiger partial charge on any atom is 0.325 e. The Labute approximate surface area is 172 Å². The van der Waals surface area contributed by atoms with Crippen LogP contribution in [0.15, 0.2) is 24.3 Å². The smallest absolute Gasteiger partial charge is 0.325 e. The zero-order valence-corrected chi connectivity index (χ0v) is 17.1. The van der Waals surface area contributed by atoms with Crippen molar-refractivity contribution in [1.82, 2.24) is 10.2 Å². The SMILES string of the molecule is COC(=O)CNC(=O)C1c2ccccc2C(=O)N(C2CCCC2)C12CCCCC2. The molecule has 0 aromatic heterocycles. The molecule has 1 N–H and O–H groups in total. The Kier molecular flexibility index (Phi) is 5.61. The fourth-order valence-electron chi connectivity index (χ4n) is 5.81. The number of hydrogen-bond donors (Lipinski definition) is 1. The van der Waals surface area contributed by atoms with Gasteiger partial charge in [-0.15, -0.1) is 0 Å². The van der Waals surface area contributed by atoms with Crippen LogP contribution in [0.5, 0.6) is 0 Å². The number of ether oxygens (including phenoxy) is 1. The molecule has 2 aliphatic carbocycles. The molecular weight excluding hydrogens is 368 g/mol. The van der Waals surface area contributed by atoms with E-state index >= 15 is 0 Å². The zero-order valence-electron chi connectivity index (χ0n) is 17.1. The summed E-state index contributed by atoms with van der Waals surface area (Å²) in [6, 6.07) is 7.72. The molecule has 1 aliphatic heterocycles. The van der Waals surface area contributed by atoms with Gasteiger partial charge in [-0.2, -0.15) is 0 Å². The summed E-state index contributed by atoms with van der Waals surface area (Å²) in [7, 11) is 1.31. The van der Waals surface area contributed by atoms with Gasteiger partial charge in [-0.1, -0.05) is 50.3 Å². The summed E-state index contributed by atoms with van der Waals surface area (Å²) in [6.07, 6.45) is 9.10. The second kappa shape index (κ2) is 8.17. The van der Waals surface area contributed by atoms with Gasteiger partial charge in [-0.05, 0) is 37.3 Å². The van der Waals surface area contributed by atoms with Crippen LogP contribution >= 0.6 is 0 Å². The number of nitrogens with one attached hydrogen (secondary N) is 1. The van der Waals surface area contributed by atoms with Crippen LogP contribution in [0.1, 0.15) is 79.6 Å². The Bertz CT molecular complexity index is 794. The maximum absolute atomic E-state index is 13.7. The van der Waals surface area contributed by atoms with Gasteiger partial charge >= 0.3 is 5.97 Å². The summed E-state index contributed by atoms with van der Waals surface area (Å²) in [4.78, 5) is 40.9. The molecule has 6 heteroatoms. The first-order chi connectivity index (χ1) is 14.1. The van der Waals surface area contributed by atoms with Crippen molar-refractivity contribution in [3.63, 3.8) is 0 Å². The molecule has 0 radical (unpaired) electrons. The van der Waals surface area contributed by atoms with Gasteiger partial charge in [-0.25, -0.2) is 0 Å². The molecule has 2 saturated carbocycles. The van der Waals surface area contributed by atoms with E-state index in [-0.39, 0.29) is 24.4 Å². The van der Waals surface area contributed by atoms with Crippen LogP contribution in [-0.4, -0.2) is 47.9 Å². The summed E-state index contributed by atoms with van der Waals surface area (Å²) in [5, 5.41) is 2.79. The number of amides is 2. The van der Waals surface area contributed by atoms with Gasteiger partial charge < -0.3 is 15.0 Å². The van der Waals surface area contributed by atoms with Gasteiger partial charge in [-0.3, -0.25) is 14.4 Å². The minimum atomic E-state index is -0.501. The summed E-state index contributed by atoms with van der Waals surface area (Å²) < 4.78 is 4.70. The molecule has 3 aliphatic rings. The van der Waals surface area contributed by atoms with Crippen molar-refractivity contribution in [2.75, 3.05) is 13.7 Å². The van der Waals surface area contributed by atoms with Crippen molar-refractivity contribution in [1.29, 1.82) is 0 Å². The van der Waals surface area contributed by atoms with Crippen molar-refractivity contribution in [2.45, 2.75) is 75.3 Å². The van der Waals surface area contributed by atoms with Crippen molar-refractivity contribution in [2.24, 2.45) is 0 Å². The number of methoxy groups -OCH3 is 1. The third-order valence-electron chi connectivity index (χ3n) is 7.04. The van der Waals surface area contributed by atoms with Crippen LogP contribution < -0.4 is 5.32 Å². The maximum atomic E-state index is 13.7. The number of carbonyl (C=O) groups is 3. The molecule has 0 saturated heterocycles. The zero-order chi connectivity index (χ0) is 20.4. The summed E-state index contributed by atoms with van der Waals surface area (Å²) >= 11 is 0. The largest absolute Gasteiger partial charge is 0.468 e. The van der Waals surface area contributed by atoms with Crippen LogP contribution in [-0.2, 0) is 14.3 Å². The van der Waals surface area contributed by atoms with Crippen molar-refractivity contribution in [3.8, 4) is 0 Å². The van der Waals surface area contributed by atoms with E-state index in [1.54, 1.807) is 0 Å². The lowest BCUT2D eigenvalue weighted by atomic mass is 9.64. The molecule has 1 spiro atoms. The lowest BCUT2D eigenvalue weighted by Gasteiger charge is -2.56. The van der Waals surface area contributed by atoms with E-state index in [4.69, 9.17) is 4.74 Å². The van der Waals surface area contributed by atoms with Crippen molar-refractivity contribution in [3.05, 3.63) is 35.4 Å². The molecule has 1 unspecified atom stereocenters. The lowest BCUT2D eigenvalue weighted by molar-refractivity contribution is -0.142. The van der Waals surface area contributed by atoms with Crippen LogP contribution in [0.2, 0.25) is 0 Å². The molecule has 2 amide bonds. The van der Waals surface area contributed by atoms with Gasteiger partial charge in [0.25, 0.3) is 5.91 Å². The number of rotatable bonds is 4. The minimum Gasteiger partial charge on any atom is -0.468 e. The predicted octanol–water partition coefficient (Wildman–Crippen LogP) is 3.16. The topological polar surface area (TPSA) is 75.7 Å². The molecule has 2 fully saturated rings. The highest BCUT2D eigenvalue weighted by atomic mass is 16.5. The van der Waals surface area contributed by atoms with Crippen molar-refractivity contribution >= 4 is 17.8 Å². The van der Waals surface area contributed by atoms with Gasteiger partial charge in [0.2, 0.25) is 5.91 Å². The predicted molar refractivity (Wildman–Crippen MR) is 108 cm³/mol. The average molecular weight is 399 g/mol. The number of benzene rings is 1. The van der Waals surface area contributed by atoms with E-state index < -0.39 is 17.4 Å². The molecule has 1 aromatic rings. The van der Waals surface area contributed by atoms with E-state index in [9.17, 15) is 14.4 Å². The van der Waals surface area contributed by atoms with Crippen LogP contribution in [0.4, 0.5) is 0 Å². The Balaban J connectivity index is 1.80. The van der Waals surface area contributed by atoms with Crippen LogP contribution in [0.25, 0.3) is 0 Å². The van der Waals surface area contributed by atoms with E-state index in [0.717, 1.165) is 63.4 Å². The lowest BCUT2D eigenvalue weighted by Crippen LogP contribution is -2.65. The van der Waals surface area contributed by atoms with Crippen LogP contribution in [0, 0.1) is 0 Å². The van der Waals surface area contributed by atoms with Gasteiger partial charge in [0, 0.05) is 11.6 Å². The molecular formula is C23H30N2O4. The summed E-state index contributed by atoms with van der Waals surface area (Å²) in [5.74, 6) is -1.03. The Hall–Kier alpha value is -2.37. The van der Waals surface area contributed by atoms with Gasteiger partial charge in [0.15, 0.2) is 0 Å². The number of esters is 1. The normalized spacial score (nSPS) is 23.7. The summed E-state index contributed by atoms with van der Waals surface area (Å²) in [5.41, 5.74) is 0.934. The Morgan fingerprint density at radius 1 is 1.10 bits per heavy atom. The number of carbonyl (C=O) groups excluding carboxylic acids is 3. The fourth-order valence-corrected chi connectivity index (χ4v) is 5.81. The first kappa shape index (κ1) is 19.9. The van der Waals surface area contributed by atoms with E-state index in [2.05, 4.69) is 10.2 Å². The highest BCUT2D eigenvalue weighted by molar-refractivity contribution is 6.02. The second-order valence-electron chi connectivity index (χ2n) is 8.59. The number of nitrogens with zero attached hydrogens (tertiary/aromatic N) is 1. The molecule has 1 atom stereocenters. The Morgan fingerprint density at radius 2 is 1.79 bits per heavy atom. The van der Waals surface area contributed by atoms with Crippen LogP contribution in [0.3, 0.4) is 0 Å². The van der Waals surface area contributed by atoms with Crippen molar-refractivity contribution < 1.29 is 19.1 Å². The molecule has 0 bridgehead atoms. The highest BCUT2D eigenvalue weighted by Gasteiger charge is 2.56. The first-order valence-corrected chi connectivity index (χ1v) is 10.9. The fraction of sp³-hybridized carbons (Fsp3) is 0.609. The third kappa shape index (κ3) is 3.43. The third-order valence-corrected chi connectivity index (χ3v) is 7.04. The monoisotopic (exact) mass is 398 g/mol. The second-order valence-corrected chi connectivity index (χ2v) is 8.59. The quantitative estimate of drug-likeness (QED) is 0.791. The Morgan fingerprint density at radius 3 is 2.48 bits per heavy atom. The van der Waals surface area contributed by atoms with Gasteiger partial charge in [0.1, 0.15) is 6.54 Å². The molecule has 1 aromatic carbocycles. The van der Waals surface area contributed by atoms with Gasteiger partial charge in [0.05, 0.1) is 18.6 Å². The van der Waals surface area contributed by atoms with E-state index in [0.29, 0.717) is 5.56 Å². The average Bonchev–Trinajstić information content (AvgIpc) is 3.27. The molecule has 4 rings (SSSR count). The highest BCUT2D eigenvalue weighted by Crippen LogP contribution is 2.51. The minimum absolute atomic E-state index is 0.0754. The number of fused-ring (bicyclic) bond motifs is 1. The summed E-state index contributed by atoms with van der Waals surface area (Å²) in [6.45, 7) is -0.151. The van der Waals surface area contributed by atoms with E-state index in [1.165, 1.54) is 7.11 Å². The molecule has 1 heterocycles. The molecule has 29 heavy (non-hydrogen) atoms. The van der Waals surface area contributed by atoms with E-state index in [1.807, 2.05) is 24.3 Å². The first-order valence-electron chi connectivity index (χ1n) is 10.9. The molecule has 156 valence electrons. The molecule has 6 nitrogen and oxygen atoms in total.